The first-order valence-corrected chi connectivity index (χ1v) is 9.19. The van der Waals surface area contributed by atoms with Gasteiger partial charge in [-0.3, -0.25) is 25.0 Å². The molecule has 1 amide bonds. The molecule has 0 unspecified atom stereocenters. The van der Waals surface area contributed by atoms with E-state index in [1.54, 1.807) is 24.5 Å². The molecule has 0 saturated carbocycles. The molecule has 12 heteroatoms. The molecular formula is C20H15N7O5. The highest BCUT2D eigenvalue weighted by atomic mass is 16.6. The van der Waals surface area contributed by atoms with Crippen LogP contribution in [-0.2, 0) is 11.3 Å². The van der Waals surface area contributed by atoms with Crippen molar-refractivity contribution in [3.05, 3.63) is 81.7 Å². The fraction of sp³-hybridized carbons (Fsp3) is 0.0500. The van der Waals surface area contributed by atoms with Crippen LogP contribution in [0.5, 0.6) is 0 Å². The highest BCUT2D eigenvalue weighted by molar-refractivity contribution is 6.09. The molecule has 0 aliphatic rings. The van der Waals surface area contributed by atoms with Gasteiger partial charge in [-0.2, -0.15) is 5.10 Å². The van der Waals surface area contributed by atoms with Gasteiger partial charge in [-0.25, -0.2) is 9.78 Å². The summed E-state index contributed by atoms with van der Waals surface area (Å²) in [5.74, 6) is -1.21. The molecule has 0 aliphatic carbocycles. The molecule has 0 spiro atoms. The maximum absolute atomic E-state index is 12.5. The molecule has 1 aromatic carbocycles. The number of H-pyrrole nitrogens is 1. The molecule has 4 rings (SSSR count). The summed E-state index contributed by atoms with van der Waals surface area (Å²) in [7, 11) is 0. The maximum atomic E-state index is 12.5. The van der Waals surface area contributed by atoms with Gasteiger partial charge in [0.05, 0.1) is 10.3 Å². The summed E-state index contributed by atoms with van der Waals surface area (Å²) in [6.45, 7) is -0.000720. The summed E-state index contributed by atoms with van der Waals surface area (Å²) in [5, 5.41) is 20.3. The number of benzene rings is 1. The number of nitrogen functional groups attached to an aromatic ring is 1. The number of esters is 1. The zero-order valence-electron chi connectivity index (χ0n) is 16.3. The van der Waals surface area contributed by atoms with E-state index in [0.29, 0.717) is 10.9 Å². The SMILES string of the molecule is Nc1nc2[nH]nc(NC(=O)c3ccc([N+](=O)[O-])cc3)c2cc1C(=O)OCc1cccnc1. The third kappa shape index (κ3) is 4.18. The summed E-state index contributed by atoms with van der Waals surface area (Å²) >= 11 is 0. The number of aromatic nitrogens is 4. The minimum atomic E-state index is -0.699. The van der Waals surface area contributed by atoms with Gasteiger partial charge in [-0.05, 0) is 24.3 Å². The van der Waals surface area contributed by atoms with E-state index in [-0.39, 0.29) is 40.7 Å². The van der Waals surface area contributed by atoms with Crippen molar-refractivity contribution in [2.24, 2.45) is 0 Å². The van der Waals surface area contributed by atoms with Crippen LogP contribution in [0.4, 0.5) is 17.3 Å². The van der Waals surface area contributed by atoms with Crippen LogP contribution in [0.15, 0.2) is 54.9 Å². The van der Waals surface area contributed by atoms with Crippen molar-refractivity contribution in [2.75, 3.05) is 11.1 Å². The van der Waals surface area contributed by atoms with Crippen LogP contribution in [0.1, 0.15) is 26.3 Å². The van der Waals surface area contributed by atoms with Crippen molar-refractivity contribution in [3.63, 3.8) is 0 Å². The third-order valence-electron chi connectivity index (χ3n) is 4.47. The van der Waals surface area contributed by atoms with Crippen molar-refractivity contribution in [1.29, 1.82) is 0 Å². The lowest BCUT2D eigenvalue weighted by Gasteiger charge is -2.07. The number of rotatable bonds is 6. The van der Waals surface area contributed by atoms with E-state index in [4.69, 9.17) is 10.5 Å². The molecule has 0 atom stereocenters. The van der Waals surface area contributed by atoms with Crippen LogP contribution >= 0.6 is 0 Å². The molecule has 160 valence electrons. The number of nitro benzene ring substituents is 1. The maximum Gasteiger partial charge on any atom is 0.342 e. The molecule has 3 heterocycles. The molecule has 4 aromatic rings. The molecule has 3 aromatic heterocycles. The predicted molar refractivity (Wildman–Crippen MR) is 113 cm³/mol. The van der Waals surface area contributed by atoms with Crippen LogP contribution in [0, 0.1) is 10.1 Å². The zero-order chi connectivity index (χ0) is 22.7. The zero-order valence-corrected chi connectivity index (χ0v) is 16.3. The molecule has 0 aliphatic heterocycles. The molecule has 0 radical (unpaired) electrons. The van der Waals surface area contributed by atoms with Gasteiger partial charge >= 0.3 is 5.97 Å². The van der Waals surface area contributed by atoms with Gasteiger partial charge in [0, 0.05) is 35.7 Å². The van der Waals surface area contributed by atoms with Crippen molar-refractivity contribution in [1.82, 2.24) is 20.2 Å². The van der Waals surface area contributed by atoms with Crippen LogP contribution < -0.4 is 11.1 Å². The van der Waals surface area contributed by atoms with Gasteiger partial charge in [0.25, 0.3) is 11.6 Å². The predicted octanol–water partition coefficient (Wildman–Crippen LogP) is 2.45. The number of anilines is 2. The summed E-state index contributed by atoms with van der Waals surface area (Å²) in [6, 6.07) is 9.97. The summed E-state index contributed by atoms with van der Waals surface area (Å²) < 4.78 is 5.27. The number of aromatic amines is 1. The number of nitro groups is 1. The molecule has 0 fully saturated rings. The molecule has 32 heavy (non-hydrogen) atoms. The first-order valence-electron chi connectivity index (χ1n) is 9.19. The minimum Gasteiger partial charge on any atom is -0.457 e. The Kier molecular flexibility index (Phi) is 5.40. The number of amides is 1. The number of carbonyl (C=O) groups excluding carboxylic acids is 2. The molecule has 4 N–H and O–H groups in total. The second kappa shape index (κ2) is 8.47. The number of hydrogen-bond donors (Lipinski definition) is 3. The van der Waals surface area contributed by atoms with E-state index in [1.807, 2.05) is 0 Å². The van der Waals surface area contributed by atoms with Gasteiger partial charge in [0.15, 0.2) is 11.5 Å². The number of nitrogens with one attached hydrogen (secondary N) is 2. The second-order valence-corrected chi connectivity index (χ2v) is 6.59. The van der Waals surface area contributed by atoms with E-state index in [1.165, 1.54) is 30.3 Å². The first kappa shape index (κ1) is 20.4. The topological polar surface area (TPSA) is 179 Å². The van der Waals surface area contributed by atoms with Crippen LogP contribution in [0.2, 0.25) is 0 Å². The minimum absolute atomic E-state index is 0.000720. The summed E-state index contributed by atoms with van der Waals surface area (Å²) in [6.07, 6.45) is 3.17. The Bertz CT molecular complexity index is 1320. The third-order valence-corrected chi connectivity index (χ3v) is 4.47. The van der Waals surface area contributed by atoms with Crippen molar-refractivity contribution in [3.8, 4) is 0 Å². The quantitative estimate of drug-likeness (QED) is 0.234. The van der Waals surface area contributed by atoms with Crippen LogP contribution in [0.3, 0.4) is 0 Å². The van der Waals surface area contributed by atoms with Gasteiger partial charge in [0.2, 0.25) is 0 Å². The number of hydrogen-bond acceptors (Lipinski definition) is 9. The standard InChI is InChI=1S/C20H15N7O5/c21-16-14(20(29)32-10-11-2-1-7-22-9-11)8-15-17(23-16)25-26-18(15)24-19(28)12-3-5-13(6-4-12)27(30)31/h1-9H,10H2,(H4,21,23,24,25,26,28). The van der Waals surface area contributed by atoms with Gasteiger partial charge in [-0.15, -0.1) is 0 Å². The average molecular weight is 433 g/mol. The largest absolute Gasteiger partial charge is 0.457 e. The van der Waals surface area contributed by atoms with E-state index in [0.717, 1.165) is 0 Å². The lowest BCUT2D eigenvalue weighted by molar-refractivity contribution is -0.384. The van der Waals surface area contributed by atoms with Gasteiger partial charge in [0.1, 0.15) is 18.0 Å². The highest BCUT2D eigenvalue weighted by Crippen LogP contribution is 2.25. The fourth-order valence-electron chi connectivity index (χ4n) is 2.85. The van der Waals surface area contributed by atoms with E-state index >= 15 is 0 Å². The Hall–Kier alpha value is -4.87. The number of carbonyl (C=O) groups is 2. The summed E-state index contributed by atoms with van der Waals surface area (Å²) in [5.41, 5.74) is 6.90. The number of ether oxygens (including phenoxy) is 1. The van der Waals surface area contributed by atoms with Crippen molar-refractivity contribution >= 4 is 40.2 Å². The fourth-order valence-corrected chi connectivity index (χ4v) is 2.85. The van der Waals surface area contributed by atoms with Crippen LogP contribution in [0.25, 0.3) is 11.0 Å². The Labute approximate surface area is 179 Å². The van der Waals surface area contributed by atoms with Gasteiger partial charge in [-0.1, -0.05) is 6.07 Å². The van der Waals surface area contributed by atoms with Crippen LogP contribution in [-0.4, -0.2) is 37.0 Å². The highest BCUT2D eigenvalue weighted by Gasteiger charge is 2.19. The van der Waals surface area contributed by atoms with E-state index in [2.05, 4.69) is 25.5 Å². The summed E-state index contributed by atoms with van der Waals surface area (Å²) in [4.78, 5) is 43.3. The smallest absolute Gasteiger partial charge is 0.342 e. The molecule has 12 nitrogen and oxygen atoms in total. The van der Waals surface area contributed by atoms with Crippen molar-refractivity contribution in [2.45, 2.75) is 6.61 Å². The molecular weight excluding hydrogens is 418 g/mol. The van der Waals surface area contributed by atoms with E-state index in [9.17, 15) is 19.7 Å². The lowest BCUT2D eigenvalue weighted by atomic mass is 10.2. The van der Waals surface area contributed by atoms with E-state index < -0.39 is 16.8 Å². The molecule has 0 bridgehead atoms. The number of non-ortho nitro benzene ring substituents is 1. The number of fused-ring (bicyclic) bond motifs is 1. The Balaban J connectivity index is 1.55. The number of nitrogens with zero attached hydrogens (tertiary/aromatic N) is 4. The Morgan fingerprint density at radius 3 is 2.69 bits per heavy atom. The average Bonchev–Trinajstić information content (AvgIpc) is 3.18. The van der Waals surface area contributed by atoms with Crippen molar-refractivity contribution < 1.29 is 19.2 Å². The lowest BCUT2D eigenvalue weighted by Crippen LogP contribution is -2.13. The second-order valence-electron chi connectivity index (χ2n) is 6.59. The normalized spacial score (nSPS) is 10.6. The Morgan fingerprint density at radius 2 is 2.00 bits per heavy atom. The molecule has 0 saturated heterocycles. The monoisotopic (exact) mass is 433 g/mol. The number of pyridine rings is 2. The first-order chi connectivity index (χ1) is 15.4. The number of nitrogens with two attached hydrogens (primary N) is 1. The van der Waals surface area contributed by atoms with Gasteiger partial charge < -0.3 is 15.8 Å². The Morgan fingerprint density at radius 1 is 1.22 bits per heavy atom.